The molecule has 0 aliphatic carbocycles. The number of hydrogen-bond donors (Lipinski definition) is 1. The lowest BCUT2D eigenvalue weighted by atomic mass is 9.79. The first-order valence-corrected chi connectivity index (χ1v) is 7.37. The molecule has 0 bridgehead atoms. The van der Waals surface area contributed by atoms with Gasteiger partial charge in [0.1, 0.15) is 0 Å². The highest BCUT2D eigenvalue weighted by Gasteiger charge is 2.44. The van der Waals surface area contributed by atoms with Crippen LogP contribution in [0.25, 0.3) is 0 Å². The number of nitrogens with zero attached hydrogens (tertiary/aromatic N) is 1. The van der Waals surface area contributed by atoms with E-state index in [-0.39, 0.29) is 17.6 Å². The van der Waals surface area contributed by atoms with Crippen LogP contribution in [0.15, 0.2) is 12.1 Å². The average Bonchev–Trinajstić information content (AvgIpc) is 2.50. The third kappa shape index (κ3) is 2.50. The fourth-order valence-corrected chi connectivity index (χ4v) is 3.40. The number of ether oxygens (including phenoxy) is 3. The summed E-state index contributed by atoms with van der Waals surface area (Å²) in [5.41, 5.74) is 1.87. The number of methoxy groups -OCH3 is 2. The number of fused-ring (bicyclic) bond motifs is 2. The van der Waals surface area contributed by atoms with Crippen molar-refractivity contribution < 1.29 is 19.3 Å². The Morgan fingerprint density at radius 1 is 1.29 bits per heavy atom. The van der Waals surface area contributed by atoms with E-state index in [1.54, 1.807) is 14.2 Å². The molecule has 1 atom stereocenters. The third-order valence-corrected chi connectivity index (χ3v) is 4.70. The summed E-state index contributed by atoms with van der Waals surface area (Å²) in [7, 11) is 5.37. The van der Waals surface area contributed by atoms with Crippen LogP contribution < -0.4 is 4.74 Å². The lowest BCUT2D eigenvalue weighted by Crippen LogP contribution is -2.48. The topological polar surface area (TPSA) is 51.2 Å². The maximum Gasteiger partial charge on any atom is 0.162 e. The summed E-state index contributed by atoms with van der Waals surface area (Å²) >= 11 is 0. The summed E-state index contributed by atoms with van der Waals surface area (Å²) in [6.45, 7) is 1.95. The Kier molecular flexibility index (Phi) is 3.82. The van der Waals surface area contributed by atoms with Crippen LogP contribution in [0.3, 0.4) is 0 Å². The molecule has 1 aromatic carbocycles. The van der Waals surface area contributed by atoms with Gasteiger partial charge in [-0.25, -0.2) is 0 Å². The highest BCUT2D eigenvalue weighted by molar-refractivity contribution is 5.49. The normalized spacial score (nSPS) is 24.8. The molecule has 0 aromatic heterocycles. The van der Waals surface area contributed by atoms with E-state index in [2.05, 4.69) is 11.9 Å². The predicted octanol–water partition coefficient (Wildman–Crippen LogP) is 1.87. The van der Waals surface area contributed by atoms with E-state index in [0.29, 0.717) is 12.2 Å². The minimum atomic E-state index is -0.357. The fourth-order valence-electron chi connectivity index (χ4n) is 3.40. The summed E-state index contributed by atoms with van der Waals surface area (Å²) in [5, 5.41) is 10.1. The number of phenolic OH excluding ortho intramolecular Hbond substituents is 1. The van der Waals surface area contributed by atoms with Crippen LogP contribution in [0.4, 0.5) is 0 Å². The molecule has 1 spiro atoms. The number of aromatic hydroxyl groups is 1. The van der Waals surface area contributed by atoms with Crippen molar-refractivity contribution in [1.82, 2.24) is 4.90 Å². The van der Waals surface area contributed by atoms with Crippen molar-refractivity contribution in [2.45, 2.75) is 31.2 Å². The number of likely N-dealkylation sites (tertiary alicyclic amines) is 1. The molecule has 116 valence electrons. The Hall–Kier alpha value is -1.30. The molecule has 2 aliphatic rings. The first kappa shape index (κ1) is 14.6. The van der Waals surface area contributed by atoms with Crippen molar-refractivity contribution in [3.05, 3.63) is 23.3 Å². The molecule has 2 aliphatic heterocycles. The van der Waals surface area contributed by atoms with Crippen molar-refractivity contribution in [1.29, 1.82) is 0 Å². The molecule has 5 heteroatoms. The van der Waals surface area contributed by atoms with Crippen LogP contribution in [0, 0.1) is 0 Å². The van der Waals surface area contributed by atoms with E-state index in [1.165, 1.54) is 0 Å². The van der Waals surface area contributed by atoms with Gasteiger partial charge in [0.2, 0.25) is 0 Å². The minimum Gasteiger partial charge on any atom is -0.504 e. The molecule has 0 amide bonds. The lowest BCUT2D eigenvalue weighted by Gasteiger charge is -2.46. The Balaban J connectivity index is 2.05. The second-order valence-corrected chi connectivity index (χ2v) is 5.97. The maximum atomic E-state index is 10.1. The van der Waals surface area contributed by atoms with Crippen LogP contribution in [0.5, 0.6) is 11.5 Å². The van der Waals surface area contributed by atoms with Gasteiger partial charge in [-0.2, -0.15) is 0 Å². The monoisotopic (exact) mass is 293 g/mol. The van der Waals surface area contributed by atoms with Crippen molar-refractivity contribution in [2.75, 3.05) is 34.4 Å². The van der Waals surface area contributed by atoms with Crippen LogP contribution >= 0.6 is 0 Å². The maximum absolute atomic E-state index is 10.1. The van der Waals surface area contributed by atoms with Gasteiger partial charge in [0.25, 0.3) is 0 Å². The van der Waals surface area contributed by atoms with Gasteiger partial charge in [-0.15, -0.1) is 0 Å². The first-order chi connectivity index (χ1) is 10.1. The van der Waals surface area contributed by atoms with Gasteiger partial charge >= 0.3 is 0 Å². The quantitative estimate of drug-likeness (QED) is 0.902. The van der Waals surface area contributed by atoms with Crippen LogP contribution in [0.1, 0.15) is 24.0 Å². The predicted molar refractivity (Wildman–Crippen MR) is 78.7 cm³/mol. The molecule has 2 heterocycles. The smallest absolute Gasteiger partial charge is 0.162 e. The number of phenols is 1. The molecule has 1 saturated heterocycles. The number of hydrogen-bond acceptors (Lipinski definition) is 5. The van der Waals surface area contributed by atoms with E-state index in [4.69, 9.17) is 14.2 Å². The molecule has 5 nitrogen and oxygen atoms in total. The van der Waals surface area contributed by atoms with Crippen molar-refractivity contribution in [3.63, 3.8) is 0 Å². The van der Waals surface area contributed by atoms with Crippen molar-refractivity contribution in [2.24, 2.45) is 0 Å². The van der Waals surface area contributed by atoms with Gasteiger partial charge < -0.3 is 24.2 Å². The Morgan fingerprint density at radius 3 is 2.62 bits per heavy atom. The number of rotatable bonds is 2. The lowest BCUT2D eigenvalue weighted by molar-refractivity contribution is -0.226. The second-order valence-electron chi connectivity index (χ2n) is 5.97. The molecule has 0 saturated carbocycles. The minimum absolute atomic E-state index is 0.175. The third-order valence-electron chi connectivity index (χ3n) is 4.70. The standard InChI is InChI=1S/C16H23NO4/c1-17-6-4-16(5-7-17)12-10-13(18)14(19-2)8-11(12)9-15(20-3)21-16/h8,10,15,18H,4-7,9H2,1-3H3/t15-/m1/s1. The van der Waals surface area contributed by atoms with Gasteiger partial charge in [-0.1, -0.05) is 0 Å². The van der Waals surface area contributed by atoms with Crippen LogP contribution in [-0.2, 0) is 21.5 Å². The van der Waals surface area contributed by atoms with E-state index >= 15 is 0 Å². The van der Waals surface area contributed by atoms with Gasteiger partial charge in [-0.3, -0.25) is 0 Å². The summed E-state index contributed by atoms with van der Waals surface area (Å²) in [6, 6.07) is 3.73. The van der Waals surface area contributed by atoms with Gasteiger partial charge in [0.05, 0.1) is 12.7 Å². The SMILES string of the molecule is COc1cc2c(cc1O)C1(CCN(C)CC1)O[C@@H](OC)C2. The van der Waals surface area contributed by atoms with Crippen molar-refractivity contribution in [3.8, 4) is 11.5 Å². The van der Waals surface area contributed by atoms with Gasteiger partial charge in [0, 0.05) is 26.6 Å². The summed E-state index contributed by atoms with van der Waals surface area (Å²) in [6.07, 6.45) is 2.25. The molecule has 1 aromatic rings. The number of piperidine rings is 1. The fraction of sp³-hybridized carbons (Fsp3) is 0.625. The molecule has 0 unspecified atom stereocenters. The molecule has 1 fully saturated rings. The Bertz CT molecular complexity index is 523. The van der Waals surface area contributed by atoms with E-state index in [1.807, 2.05) is 12.1 Å². The second kappa shape index (κ2) is 5.48. The largest absolute Gasteiger partial charge is 0.504 e. The molecular formula is C16H23NO4. The molecule has 1 N–H and O–H groups in total. The Labute approximate surface area is 125 Å². The van der Waals surface area contributed by atoms with Gasteiger partial charge in [-0.05, 0) is 43.1 Å². The molecular weight excluding hydrogens is 270 g/mol. The van der Waals surface area contributed by atoms with E-state index in [9.17, 15) is 5.11 Å². The van der Waals surface area contributed by atoms with Crippen LogP contribution in [-0.4, -0.2) is 50.7 Å². The molecule has 0 radical (unpaired) electrons. The Morgan fingerprint density at radius 2 is 2.00 bits per heavy atom. The molecule has 21 heavy (non-hydrogen) atoms. The van der Waals surface area contributed by atoms with Gasteiger partial charge in [0.15, 0.2) is 17.8 Å². The average molecular weight is 293 g/mol. The molecule has 3 rings (SSSR count). The summed E-state index contributed by atoms with van der Waals surface area (Å²) in [4.78, 5) is 2.30. The summed E-state index contributed by atoms with van der Waals surface area (Å²) < 4.78 is 17.0. The highest BCUT2D eigenvalue weighted by Crippen LogP contribution is 2.46. The zero-order valence-corrected chi connectivity index (χ0v) is 12.9. The summed E-state index contributed by atoms with van der Waals surface area (Å²) in [5.74, 6) is 0.683. The first-order valence-electron chi connectivity index (χ1n) is 7.37. The van der Waals surface area contributed by atoms with E-state index < -0.39 is 0 Å². The number of benzene rings is 1. The van der Waals surface area contributed by atoms with Crippen molar-refractivity contribution >= 4 is 0 Å². The highest BCUT2D eigenvalue weighted by atomic mass is 16.7. The van der Waals surface area contributed by atoms with E-state index in [0.717, 1.165) is 37.1 Å². The zero-order chi connectivity index (χ0) is 15.0. The van der Waals surface area contributed by atoms with Crippen LogP contribution in [0.2, 0.25) is 0 Å². The zero-order valence-electron chi connectivity index (χ0n) is 12.9.